The van der Waals surface area contributed by atoms with E-state index in [9.17, 15) is 0 Å². The molecule has 1 aliphatic heterocycles. The molecular formula is C22H40O3. The lowest BCUT2D eigenvalue weighted by atomic mass is 10.0. The van der Waals surface area contributed by atoms with Crippen LogP contribution in [0.5, 0.6) is 0 Å². The van der Waals surface area contributed by atoms with Crippen molar-refractivity contribution in [3.63, 3.8) is 0 Å². The van der Waals surface area contributed by atoms with Crippen LogP contribution in [0.25, 0.3) is 0 Å². The molecule has 1 aliphatic rings. The lowest BCUT2D eigenvalue weighted by Gasteiger charge is -2.22. The summed E-state index contributed by atoms with van der Waals surface area (Å²) in [6.07, 6.45) is 16.5. The van der Waals surface area contributed by atoms with Gasteiger partial charge in [-0.05, 0) is 50.9 Å². The van der Waals surface area contributed by atoms with Gasteiger partial charge in [0.1, 0.15) is 0 Å². The minimum Gasteiger partial charge on any atom is -0.396 e. The summed E-state index contributed by atoms with van der Waals surface area (Å²) in [5, 5.41) is 8.86. The second-order valence-corrected chi connectivity index (χ2v) is 7.40. The highest BCUT2D eigenvalue weighted by molar-refractivity contribution is 4.98. The monoisotopic (exact) mass is 352 g/mol. The molecule has 146 valence electrons. The van der Waals surface area contributed by atoms with Crippen molar-refractivity contribution in [2.24, 2.45) is 5.92 Å². The molecule has 0 aliphatic carbocycles. The van der Waals surface area contributed by atoms with Gasteiger partial charge in [-0.25, -0.2) is 0 Å². The van der Waals surface area contributed by atoms with Gasteiger partial charge in [0.15, 0.2) is 6.29 Å². The molecule has 0 aromatic rings. The van der Waals surface area contributed by atoms with Crippen molar-refractivity contribution in [3.05, 3.63) is 0 Å². The summed E-state index contributed by atoms with van der Waals surface area (Å²) < 4.78 is 11.3. The van der Waals surface area contributed by atoms with Gasteiger partial charge in [0.05, 0.1) is 0 Å². The van der Waals surface area contributed by atoms with Gasteiger partial charge in [-0.1, -0.05) is 39.0 Å². The number of rotatable bonds is 14. The summed E-state index contributed by atoms with van der Waals surface area (Å²) in [6, 6.07) is 0. The van der Waals surface area contributed by atoms with E-state index in [1.165, 1.54) is 57.8 Å². The van der Waals surface area contributed by atoms with Crippen LogP contribution in [0, 0.1) is 17.8 Å². The maximum Gasteiger partial charge on any atom is 0.157 e. The molecule has 1 heterocycles. The lowest BCUT2D eigenvalue weighted by molar-refractivity contribution is -0.162. The Kier molecular flexibility index (Phi) is 15.2. The zero-order chi connectivity index (χ0) is 18.0. The van der Waals surface area contributed by atoms with Crippen LogP contribution in [0.1, 0.15) is 96.8 Å². The highest BCUT2D eigenvalue weighted by Gasteiger charge is 2.13. The van der Waals surface area contributed by atoms with E-state index >= 15 is 0 Å². The Balaban J connectivity index is 1.77. The summed E-state index contributed by atoms with van der Waals surface area (Å²) in [6.45, 7) is 4.26. The predicted molar refractivity (Wildman–Crippen MR) is 104 cm³/mol. The van der Waals surface area contributed by atoms with Crippen molar-refractivity contribution in [1.29, 1.82) is 0 Å². The Bertz CT molecular complexity index is 339. The van der Waals surface area contributed by atoms with Crippen LogP contribution in [0.2, 0.25) is 0 Å². The minimum absolute atomic E-state index is 0.0712. The van der Waals surface area contributed by atoms with Gasteiger partial charge >= 0.3 is 0 Å². The number of unbranched alkanes of at least 4 members (excludes halogenated alkanes) is 7. The molecule has 25 heavy (non-hydrogen) atoms. The molecule has 1 rings (SSSR count). The molecule has 3 heteroatoms. The normalized spacial score (nSPS) is 18.6. The summed E-state index contributed by atoms with van der Waals surface area (Å²) in [5.41, 5.74) is 0. The molecular weight excluding hydrogens is 312 g/mol. The van der Waals surface area contributed by atoms with Crippen molar-refractivity contribution >= 4 is 0 Å². The van der Waals surface area contributed by atoms with Gasteiger partial charge in [-0.2, -0.15) is 0 Å². The third kappa shape index (κ3) is 14.3. The largest absolute Gasteiger partial charge is 0.396 e. The van der Waals surface area contributed by atoms with E-state index in [1.807, 2.05) is 0 Å². The third-order valence-corrected chi connectivity index (χ3v) is 4.88. The first kappa shape index (κ1) is 22.5. The molecule has 1 N–H and O–H groups in total. The maximum absolute atomic E-state index is 8.86. The average molecular weight is 353 g/mol. The van der Waals surface area contributed by atoms with Crippen LogP contribution in [-0.4, -0.2) is 31.2 Å². The zero-order valence-corrected chi connectivity index (χ0v) is 16.4. The highest BCUT2D eigenvalue weighted by atomic mass is 16.7. The Morgan fingerprint density at radius 3 is 2.40 bits per heavy atom. The molecule has 0 aromatic heterocycles. The molecule has 0 spiro atoms. The molecule has 0 saturated carbocycles. The van der Waals surface area contributed by atoms with E-state index in [0.29, 0.717) is 12.5 Å². The SMILES string of the molecule is C[C@@H](CCO)CCCCC#CCCCCCCCOC1CCCCO1. The fourth-order valence-electron chi connectivity index (χ4n) is 3.15. The molecule has 3 nitrogen and oxygen atoms in total. The first-order valence-electron chi connectivity index (χ1n) is 10.6. The second kappa shape index (κ2) is 16.9. The molecule has 0 radical (unpaired) electrons. The van der Waals surface area contributed by atoms with Gasteiger partial charge in [-0.3, -0.25) is 0 Å². The second-order valence-electron chi connectivity index (χ2n) is 7.40. The zero-order valence-electron chi connectivity index (χ0n) is 16.4. The number of hydrogen-bond donors (Lipinski definition) is 1. The average Bonchev–Trinajstić information content (AvgIpc) is 2.63. The molecule has 2 atom stereocenters. The Morgan fingerprint density at radius 2 is 1.68 bits per heavy atom. The van der Waals surface area contributed by atoms with E-state index in [-0.39, 0.29) is 6.29 Å². The van der Waals surface area contributed by atoms with Gasteiger partial charge in [0, 0.05) is 32.7 Å². The Hall–Kier alpha value is -0.560. The Morgan fingerprint density at radius 1 is 0.960 bits per heavy atom. The van der Waals surface area contributed by atoms with Crippen molar-refractivity contribution in [3.8, 4) is 11.8 Å². The quantitative estimate of drug-likeness (QED) is 0.333. The van der Waals surface area contributed by atoms with Crippen LogP contribution in [0.3, 0.4) is 0 Å². The summed E-state index contributed by atoms with van der Waals surface area (Å²) in [7, 11) is 0. The lowest BCUT2D eigenvalue weighted by Crippen LogP contribution is -2.22. The molecule has 1 unspecified atom stereocenters. The van der Waals surface area contributed by atoms with Crippen LogP contribution in [0.15, 0.2) is 0 Å². The first-order valence-corrected chi connectivity index (χ1v) is 10.6. The van der Waals surface area contributed by atoms with E-state index in [1.54, 1.807) is 0 Å². The number of aliphatic hydroxyl groups excluding tert-OH is 1. The fraction of sp³-hybridized carbons (Fsp3) is 0.909. The smallest absolute Gasteiger partial charge is 0.157 e. The molecule has 0 amide bonds. The first-order chi connectivity index (χ1) is 12.3. The third-order valence-electron chi connectivity index (χ3n) is 4.88. The molecule has 1 fully saturated rings. The highest BCUT2D eigenvalue weighted by Crippen LogP contribution is 2.15. The van der Waals surface area contributed by atoms with Crippen molar-refractivity contribution in [1.82, 2.24) is 0 Å². The van der Waals surface area contributed by atoms with Crippen LogP contribution in [0.4, 0.5) is 0 Å². The fourth-order valence-corrected chi connectivity index (χ4v) is 3.15. The van der Waals surface area contributed by atoms with Crippen molar-refractivity contribution < 1.29 is 14.6 Å². The van der Waals surface area contributed by atoms with Gasteiger partial charge in [-0.15, -0.1) is 11.8 Å². The van der Waals surface area contributed by atoms with Crippen molar-refractivity contribution in [2.45, 2.75) is 103 Å². The summed E-state index contributed by atoms with van der Waals surface area (Å²) in [4.78, 5) is 0. The van der Waals surface area contributed by atoms with Crippen LogP contribution in [-0.2, 0) is 9.47 Å². The van der Waals surface area contributed by atoms with E-state index in [0.717, 1.165) is 45.3 Å². The number of hydrogen-bond acceptors (Lipinski definition) is 3. The van der Waals surface area contributed by atoms with E-state index in [4.69, 9.17) is 14.6 Å². The van der Waals surface area contributed by atoms with Crippen LogP contribution >= 0.6 is 0 Å². The van der Waals surface area contributed by atoms with Crippen LogP contribution < -0.4 is 0 Å². The van der Waals surface area contributed by atoms with Crippen molar-refractivity contribution in [2.75, 3.05) is 19.8 Å². The topological polar surface area (TPSA) is 38.7 Å². The van der Waals surface area contributed by atoms with Gasteiger partial charge < -0.3 is 14.6 Å². The van der Waals surface area contributed by atoms with E-state index in [2.05, 4.69) is 18.8 Å². The summed E-state index contributed by atoms with van der Waals surface area (Å²) >= 11 is 0. The van der Waals surface area contributed by atoms with E-state index < -0.39 is 0 Å². The van der Waals surface area contributed by atoms with Gasteiger partial charge in [0.25, 0.3) is 0 Å². The van der Waals surface area contributed by atoms with Gasteiger partial charge in [0.2, 0.25) is 0 Å². The predicted octanol–water partition coefficient (Wildman–Crippen LogP) is 5.45. The molecule has 1 saturated heterocycles. The number of ether oxygens (including phenoxy) is 2. The Labute approximate surface area is 155 Å². The summed E-state index contributed by atoms with van der Waals surface area (Å²) in [5.74, 6) is 7.27. The minimum atomic E-state index is 0.0712. The maximum atomic E-state index is 8.86. The molecule has 0 aromatic carbocycles. The standard InChI is InChI=1S/C22H40O3/c1-21(17-18-23)15-11-9-7-5-3-2-4-6-8-10-13-19-24-22-16-12-14-20-25-22/h21-23H,2,4,6-20H2,1H3/t21-,22?/m1/s1. The molecule has 0 bridgehead atoms. The number of aliphatic hydroxyl groups is 1.